The highest BCUT2D eigenvalue weighted by Gasteiger charge is 2.22. The molecule has 0 amide bonds. The number of hydrogen-bond acceptors (Lipinski definition) is 5. The summed E-state index contributed by atoms with van der Waals surface area (Å²) in [6.45, 7) is 1.40. The number of rotatable bonds is 1. The molecule has 0 spiro atoms. The number of aliphatic hydroxyl groups excluding tert-OH is 1. The molecule has 0 radical (unpaired) electrons. The van der Waals surface area contributed by atoms with E-state index in [-0.39, 0.29) is 6.10 Å². The van der Waals surface area contributed by atoms with Crippen molar-refractivity contribution in [2.24, 2.45) is 0 Å². The van der Waals surface area contributed by atoms with Crippen LogP contribution in [0.4, 0.5) is 6.01 Å². The first-order valence-corrected chi connectivity index (χ1v) is 5.95. The van der Waals surface area contributed by atoms with Crippen molar-refractivity contribution in [3.05, 3.63) is 17.3 Å². The average Bonchev–Trinajstić information content (AvgIpc) is 2.72. The van der Waals surface area contributed by atoms with Gasteiger partial charge in [-0.25, -0.2) is 4.98 Å². The highest BCUT2D eigenvalue weighted by Crippen LogP contribution is 2.25. The topological polar surface area (TPSA) is 62.4 Å². The Morgan fingerprint density at radius 1 is 1.53 bits per heavy atom. The van der Waals surface area contributed by atoms with Crippen LogP contribution >= 0.6 is 11.6 Å². The van der Waals surface area contributed by atoms with Crippen LogP contribution in [-0.2, 0) is 0 Å². The SMILES string of the molecule is OC1CCCN(c2nc3ncc(Cl)cc3o2)C1. The van der Waals surface area contributed by atoms with E-state index < -0.39 is 0 Å². The quantitative estimate of drug-likeness (QED) is 0.840. The van der Waals surface area contributed by atoms with Crippen LogP contribution in [0.15, 0.2) is 16.7 Å². The molecule has 1 saturated heterocycles. The Labute approximate surface area is 103 Å². The minimum Gasteiger partial charge on any atom is -0.422 e. The molecule has 0 bridgehead atoms. The number of piperidine rings is 1. The number of nitrogens with zero attached hydrogens (tertiary/aromatic N) is 3. The molecular formula is C11H12ClN3O2. The van der Waals surface area contributed by atoms with E-state index >= 15 is 0 Å². The summed E-state index contributed by atoms with van der Waals surface area (Å²) in [6.07, 6.45) is 3.01. The van der Waals surface area contributed by atoms with Crippen molar-refractivity contribution in [1.29, 1.82) is 0 Å². The maximum atomic E-state index is 9.61. The fourth-order valence-electron chi connectivity index (χ4n) is 2.05. The van der Waals surface area contributed by atoms with Gasteiger partial charge >= 0.3 is 0 Å². The van der Waals surface area contributed by atoms with E-state index in [1.165, 1.54) is 0 Å². The Morgan fingerprint density at radius 2 is 2.41 bits per heavy atom. The Kier molecular flexibility index (Phi) is 2.64. The Hall–Kier alpha value is -1.33. The fraction of sp³-hybridized carbons (Fsp3) is 0.455. The summed E-state index contributed by atoms with van der Waals surface area (Å²) in [5.74, 6) is 0. The summed E-state index contributed by atoms with van der Waals surface area (Å²) in [5.41, 5.74) is 1.12. The molecule has 0 aliphatic carbocycles. The molecule has 2 aromatic heterocycles. The van der Waals surface area contributed by atoms with Gasteiger partial charge in [-0.05, 0) is 12.8 Å². The minimum absolute atomic E-state index is 0.310. The molecule has 1 unspecified atom stereocenters. The number of halogens is 1. The zero-order valence-electron chi connectivity index (χ0n) is 9.14. The number of pyridine rings is 1. The normalized spacial score (nSPS) is 21.1. The molecule has 1 atom stereocenters. The van der Waals surface area contributed by atoms with Crippen molar-refractivity contribution in [3.63, 3.8) is 0 Å². The van der Waals surface area contributed by atoms with Crippen LogP contribution in [-0.4, -0.2) is 34.3 Å². The minimum atomic E-state index is -0.310. The van der Waals surface area contributed by atoms with Gasteiger partial charge in [0.15, 0.2) is 5.58 Å². The molecule has 0 aromatic carbocycles. The molecule has 2 aromatic rings. The highest BCUT2D eigenvalue weighted by molar-refractivity contribution is 6.30. The molecule has 17 heavy (non-hydrogen) atoms. The number of aliphatic hydroxyl groups is 1. The van der Waals surface area contributed by atoms with Gasteiger partial charge in [0.05, 0.1) is 11.1 Å². The summed E-state index contributed by atoms with van der Waals surface area (Å²) in [6, 6.07) is 2.20. The van der Waals surface area contributed by atoms with Gasteiger partial charge in [0.1, 0.15) is 0 Å². The van der Waals surface area contributed by atoms with Crippen LogP contribution in [0.5, 0.6) is 0 Å². The third-order valence-electron chi connectivity index (χ3n) is 2.87. The van der Waals surface area contributed by atoms with Crippen molar-refractivity contribution >= 4 is 28.8 Å². The van der Waals surface area contributed by atoms with Crippen LogP contribution in [0.25, 0.3) is 11.2 Å². The molecule has 1 fully saturated rings. The lowest BCUT2D eigenvalue weighted by Gasteiger charge is -2.28. The van der Waals surface area contributed by atoms with Crippen molar-refractivity contribution in [3.8, 4) is 0 Å². The molecule has 90 valence electrons. The number of oxazole rings is 1. The Bertz CT molecular complexity index is 542. The number of fused-ring (bicyclic) bond motifs is 1. The van der Waals surface area contributed by atoms with Gasteiger partial charge in [0.2, 0.25) is 5.65 Å². The number of β-amino-alcohol motifs (C(OH)–C–C–N with tert-alkyl or cyclic N) is 1. The van der Waals surface area contributed by atoms with E-state index in [9.17, 15) is 5.11 Å². The molecule has 5 nitrogen and oxygen atoms in total. The maximum absolute atomic E-state index is 9.61. The van der Waals surface area contributed by atoms with Gasteiger partial charge in [-0.15, -0.1) is 0 Å². The lowest BCUT2D eigenvalue weighted by Crippen LogP contribution is -2.38. The zero-order chi connectivity index (χ0) is 11.8. The van der Waals surface area contributed by atoms with E-state index in [2.05, 4.69) is 9.97 Å². The molecule has 6 heteroatoms. The monoisotopic (exact) mass is 253 g/mol. The first-order valence-electron chi connectivity index (χ1n) is 5.57. The van der Waals surface area contributed by atoms with Crippen molar-refractivity contribution in [1.82, 2.24) is 9.97 Å². The maximum Gasteiger partial charge on any atom is 0.300 e. The largest absolute Gasteiger partial charge is 0.422 e. The van der Waals surface area contributed by atoms with Gasteiger partial charge in [0, 0.05) is 25.4 Å². The second kappa shape index (κ2) is 4.16. The van der Waals surface area contributed by atoms with E-state index in [1.54, 1.807) is 12.3 Å². The van der Waals surface area contributed by atoms with Gasteiger partial charge in [0.25, 0.3) is 6.01 Å². The van der Waals surface area contributed by atoms with Crippen LogP contribution in [0, 0.1) is 0 Å². The number of aromatic nitrogens is 2. The summed E-state index contributed by atoms with van der Waals surface area (Å²) in [4.78, 5) is 10.3. The highest BCUT2D eigenvalue weighted by atomic mass is 35.5. The van der Waals surface area contributed by atoms with E-state index in [0.717, 1.165) is 19.4 Å². The van der Waals surface area contributed by atoms with E-state index in [0.29, 0.717) is 28.8 Å². The van der Waals surface area contributed by atoms with Crippen molar-refractivity contribution in [2.75, 3.05) is 18.0 Å². The second-order valence-corrected chi connectivity index (χ2v) is 4.65. The Morgan fingerprint density at radius 3 is 3.24 bits per heavy atom. The fourth-order valence-corrected chi connectivity index (χ4v) is 2.20. The zero-order valence-corrected chi connectivity index (χ0v) is 9.89. The standard InChI is InChI=1S/C11H12ClN3O2/c12-7-4-9-10(13-5-7)14-11(17-9)15-3-1-2-8(16)6-15/h4-5,8,16H,1-3,6H2. The molecule has 1 aliphatic heterocycles. The molecule has 3 heterocycles. The molecule has 0 saturated carbocycles. The van der Waals surface area contributed by atoms with Crippen molar-refractivity contribution < 1.29 is 9.52 Å². The van der Waals surface area contributed by atoms with Gasteiger partial charge < -0.3 is 14.4 Å². The smallest absolute Gasteiger partial charge is 0.300 e. The number of hydrogen-bond donors (Lipinski definition) is 1. The van der Waals surface area contributed by atoms with E-state index in [4.69, 9.17) is 16.0 Å². The first-order chi connectivity index (χ1) is 8.22. The summed E-state index contributed by atoms with van der Waals surface area (Å²) in [7, 11) is 0. The van der Waals surface area contributed by atoms with Crippen molar-refractivity contribution in [2.45, 2.75) is 18.9 Å². The molecule has 3 rings (SSSR count). The predicted molar refractivity (Wildman–Crippen MR) is 64.3 cm³/mol. The van der Waals surface area contributed by atoms with Crippen LogP contribution in [0.1, 0.15) is 12.8 Å². The summed E-state index contributed by atoms with van der Waals surface area (Å²) < 4.78 is 5.59. The van der Waals surface area contributed by atoms with E-state index in [1.807, 2.05) is 4.90 Å². The van der Waals surface area contributed by atoms with Gasteiger partial charge in [-0.3, -0.25) is 0 Å². The van der Waals surface area contributed by atoms with Gasteiger partial charge in [-0.1, -0.05) is 11.6 Å². The second-order valence-electron chi connectivity index (χ2n) is 4.21. The van der Waals surface area contributed by atoms with Crippen LogP contribution < -0.4 is 4.90 Å². The van der Waals surface area contributed by atoms with Gasteiger partial charge in [-0.2, -0.15) is 4.98 Å². The number of anilines is 1. The summed E-state index contributed by atoms with van der Waals surface area (Å²) >= 11 is 5.83. The molecule has 1 aliphatic rings. The lowest BCUT2D eigenvalue weighted by atomic mass is 10.1. The Balaban J connectivity index is 1.94. The lowest BCUT2D eigenvalue weighted by molar-refractivity contribution is 0.152. The molecular weight excluding hydrogens is 242 g/mol. The van der Waals surface area contributed by atoms with Crippen LogP contribution in [0.3, 0.4) is 0 Å². The predicted octanol–water partition coefficient (Wildman–Crippen LogP) is 1.84. The van der Waals surface area contributed by atoms with Crippen LogP contribution in [0.2, 0.25) is 5.02 Å². The third-order valence-corrected chi connectivity index (χ3v) is 3.08. The summed E-state index contributed by atoms with van der Waals surface area (Å²) in [5, 5.41) is 10.1. The average molecular weight is 254 g/mol. The third kappa shape index (κ3) is 2.08. The molecule has 1 N–H and O–H groups in total. The first kappa shape index (κ1) is 10.8.